The maximum absolute atomic E-state index is 4.78. The molecule has 0 N–H and O–H groups in total. The largest absolute Gasteiger partial charge is 0.285 e. The molecule has 0 aliphatic carbocycles. The van der Waals surface area contributed by atoms with Crippen molar-refractivity contribution in [1.29, 1.82) is 0 Å². The minimum absolute atomic E-state index is 0.930. The summed E-state index contributed by atoms with van der Waals surface area (Å²) in [6.07, 6.45) is 3.69. The van der Waals surface area contributed by atoms with Crippen LogP contribution in [-0.2, 0) is 0 Å². The fraction of sp³-hybridized carbons (Fsp3) is 0.263. The van der Waals surface area contributed by atoms with Crippen molar-refractivity contribution in [1.82, 2.24) is 5.32 Å². The molecule has 0 aliphatic rings. The summed E-state index contributed by atoms with van der Waals surface area (Å²) >= 11 is 0. The fourth-order valence-corrected chi connectivity index (χ4v) is 2.72. The van der Waals surface area contributed by atoms with E-state index >= 15 is 0 Å². The normalized spacial score (nSPS) is 11.1. The Morgan fingerprint density at radius 3 is 2.50 bits per heavy atom. The molecule has 1 radical (unpaired) electrons. The third-order valence-corrected chi connectivity index (χ3v) is 3.81. The van der Waals surface area contributed by atoms with Crippen molar-refractivity contribution in [2.24, 2.45) is 0 Å². The summed E-state index contributed by atoms with van der Waals surface area (Å²) in [5.41, 5.74) is 1.13. The van der Waals surface area contributed by atoms with Crippen LogP contribution in [0.3, 0.4) is 0 Å². The molecule has 1 heteroatoms. The van der Waals surface area contributed by atoms with E-state index < -0.39 is 0 Å². The molecule has 0 unspecified atom stereocenters. The van der Waals surface area contributed by atoms with Crippen molar-refractivity contribution < 1.29 is 0 Å². The highest BCUT2D eigenvalue weighted by Gasteiger charge is 2.04. The van der Waals surface area contributed by atoms with Gasteiger partial charge in [-0.05, 0) is 28.6 Å². The van der Waals surface area contributed by atoms with E-state index in [9.17, 15) is 0 Å². The molecule has 0 spiro atoms. The van der Waals surface area contributed by atoms with Crippen LogP contribution >= 0.6 is 0 Å². The van der Waals surface area contributed by atoms with E-state index in [0.717, 1.165) is 12.2 Å². The second kappa shape index (κ2) is 5.96. The van der Waals surface area contributed by atoms with E-state index in [1.165, 1.54) is 40.8 Å². The predicted molar refractivity (Wildman–Crippen MR) is 87.6 cm³/mol. The van der Waals surface area contributed by atoms with E-state index in [2.05, 4.69) is 61.5 Å². The Kier molecular flexibility index (Phi) is 3.87. The van der Waals surface area contributed by atoms with Crippen molar-refractivity contribution in [3.63, 3.8) is 0 Å². The Bertz CT molecular complexity index is 715. The Hall–Kier alpha value is -2.02. The van der Waals surface area contributed by atoms with Gasteiger partial charge < -0.3 is 0 Å². The highest BCUT2D eigenvalue weighted by atomic mass is 14.9. The van der Waals surface area contributed by atoms with Gasteiger partial charge in [-0.25, -0.2) is 0 Å². The highest BCUT2D eigenvalue weighted by Crippen LogP contribution is 2.30. The van der Waals surface area contributed by atoms with E-state index in [4.69, 9.17) is 5.32 Å². The standard InChI is InChI=1S/C19H20N/c1-2-3-6-14-20-19-11-7-10-17-16-9-5-4-8-15(16)12-13-18(17)19/h4-5,7-13H,2-3,6,14H2,1H3. The van der Waals surface area contributed by atoms with Gasteiger partial charge in [0.25, 0.3) is 0 Å². The Labute approximate surface area is 120 Å². The molecule has 0 atom stereocenters. The molecule has 0 fully saturated rings. The van der Waals surface area contributed by atoms with E-state index in [0.29, 0.717) is 0 Å². The van der Waals surface area contributed by atoms with Crippen molar-refractivity contribution >= 4 is 27.2 Å². The molecule has 0 heterocycles. The lowest BCUT2D eigenvalue weighted by molar-refractivity contribution is 0.682. The molecule has 0 amide bonds. The van der Waals surface area contributed by atoms with Crippen LogP contribution in [0.1, 0.15) is 26.2 Å². The van der Waals surface area contributed by atoms with Gasteiger partial charge in [-0.15, -0.1) is 0 Å². The summed E-state index contributed by atoms with van der Waals surface area (Å²) in [4.78, 5) is 0. The second-order valence-corrected chi connectivity index (χ2v) is 5.25. The number of rotatable bonds is 5. The summed E-state index contributed by atoms with van der Waals surface area (Å²) in [7, 11) is 0. The molecule has 0 bridgehead atoms. The van der Waals surface area contributed by atoms with Crippen LogP contribution in [0, 0.1) is 0 Å². The van der Waals surface area contributed by atoms with Gasteiger partial charge >= 0.3 is 0 Å². The molecule has 0 saturated heterocycles. The molecule has 0 aliphatic heterocycles. The highest BCUT2D eigenvalue weighted by molar-refractivity contribution is 6.10. The Morgan fingerprint density at radius 1 is 0.750 bits per heavy atom. The number of hydrogen-bond donors (Lipinski definition) is 0. The number of benzene rings is 3. The van der Waals surface area contributed by atoms with Gasteiger partial charge in [-0.1, -0.05) is 68.3 Å². The first kappa shape index (κ1) is 13.0. The van der Waals surface area contributed by atoms with Crippen LogP contribution in [0.5, 0.6) is 0 Å². The molecule has 0 saturated carbocycles. The predicted octanol–water partition coefficient (Wildman–Crippen LogP) is 5.42. The fourth-order valence-electron chi connectivity index (χ4n) is 2.72. The molecule has 1 nitrogen and oxygen atoms in total. The molecule has 101 valence electrons. The maximum Gasteiger partial charge on any atom is 0.0652 e. The van der Waals surface area contributed by atoms with Crippen LogP contribution in [0.25, 0.3) is 21.5 Å². The van der Waals surface area contributed by atoms with Gasteiger partial charge in [0.05, 0.1) is 5.69 Å². The Balaban J connectivity index is 1.99. The zero-order chi connectivity index (χ0) is 13.8. The first-order valence-electron chi connectivity index (χ1n) is 7.48. The summed E-state index contributed by atoms with van der Waals surface area (Å²) in [5, 5.41) is 9.96. The summed E-state index contributed by atoms with van der Waals surface area (Å²) in [5.74, 6) is 0. The molecule has 0 aromatic heterocycles. The van der Waals surface area contributed by atoms with E-state index in [1.807, 2.05) is 0 Å². The lowest BCUT2D eigenvalue weighted by Crippen LogP contribution is -2.00. The average Bonchev–Trinajstić information content (AvgIpc) is 2.51. The van der Waals surface area contributed by atoms with E-state index in [1.54, 1.807) is 0 Å². The molecule has 3 aromatic rings. The smallest absolute Gasteiger partial charge is 0.0652 e. The molecule has 20 heavy (non-hydrogen) atoms. The van der Waals surface area contributed by atoms with Crippen molar-refractivity contribution in [2.75, 3.05) is 6.54 Å². The van der Waals surface area contributed by atoms with Crippen LogP contribution in [-0.4, -0.2) is 6.54 Å². The van der Waals surface area contributed by atoms with Gasteiger partial charge in [0.15, 0.2) is 0 Å². The number of nitrogens with zero attached hydrogens (tertiary/aromatic N) is 1. The van der Waals surface area contributed by atoms with Gasteiger partial charge in [0.2, 0.25) is 0 Å². The van der Waals surface area contributed by atoms with Crippen molar-refractivity contribution in [2.45, 2.75) is 26.2 Å². The third-order valence-electron chi connectivity index (χ3n) is 3.81. The van der Waals surface area contributed by atoms with Crippen LogP contribution in [0.4, 0.5) is 5.69 Å². The van der Waals surface area contributed by atoms with Crippen LogP contribution in [0.15, 0.2) is 54.6 Å². The van der Waals surface area contributed by atoms with Gasteiger partial charge in [-0.2, -0.15) is 0 Å². The summed E-state index contributed by atoms with van der Waals surface area (Å²) < 4.78 is 0. The summed E-state index contributed by atoms with van der Waals surface area (Å²) in [6.45, 7) is 3.16. The second-order valence-electron chi connectivity index (χ2n) is 5.25. The van der Waals surface area contributed by atoms with Crippen molar-refractivity contribution in [3.05, 3.63) is 54.6 Å². The minimum Gasteiger partial charge on any atom is -0.285 e. The van der Waals surface area contributed by atoms with Gasteiger partial charge in [0.1, 0.15) is 0 Å². The number of hydrogen-bond acceptors (Lipinski definition) is 0. The first-order chi connectivity index (χ1) is 9.90. The number of fused-ring (bicyclic) bond motifs is 3. The lowest BCUT2D eigenvalue weighted by atomic mass is 10.0. The Morgan fingerprint density at radius 2 is 1.60 bits per heavy atom. The van der Waals surface area contributed by atoms with Crippen LogP contribution in [0.2, 0.25) is 0 Å². The van der Waals surface area contributed by atoms with Crippen LogP contribution < -0.4 is 5.32 Å². The lowest BCUT2D eigenvalue weighted by Gasteiger charge is -2.09. The monoisotopic (exact) mass is 262 g/mol. The van der Waals surface area contributed by atoms with Gasteiger partial charge in [-0.3, -0.25) is 5.32 Å². The average molecular weight is 262 g/mol. The summed E-state index contributed by atoms with van der Waals surface area (Å²) in [6, 6.07) is 19.4. The quantitative estimate of drug-likeness (QED) is 0.430. The van der Waals surface area contributed by atoms with E-state index in [-0.39, 0.29) is 0 Å². The zero-order valence-corrected chi connectivity index (χ0v) is 12.0. The minimum atomic E-state index is 0.930. The maximum atomic E-state index is 4.78. The first-order valence-corrected chi connectivity index (χ1v) is 7.48. The number of unbranched alkanes of at least 4 members (excludes halogenated alkanes) is 2. The third kappa shape index (κ3) is 2.49. The molecule has 3 rings (SSSR count). The molecular weight excluding hydrogens is 242 g/mol. The SMILES string of the molecule is CCCCC[N]c1cccc2c1ccc1ccccc12. The van der Waals surface area contributed by atoms with Gasteiger partial charge in [0, 0.05) is 11.9 Å². The molecule has 3 aromatic carbocycles. The molecular formula is C19H20N. The zero-order valence-electron chi connectivity index (χ0n) is 12.0. The topological polar surface area (TPSA) is 14.1 Å². The van der Waals surface area contributed by atoms with Crippen molar-refractivity contribution in [3.8, 4) is 0 Å².